The number of rotatable bonds is 9. The van der Waals surface area contributed by atoms with Gasteiger partial charge in [-0.1, -0.05) is 37.5 Å². The summed E-state index contributed by atoms with van der Waals surface area (Å²) >= 11 is 0. The monoisotopic (exact) mass is 409 g/mol. The van der Waals surface area contributed by atoms with E-state index in [1.807, 2.05) is 25.1 Å². The van der Waals surface area contributed by atoms with Crippen LogP contribution in [0.1, 0.15) is 88.2 Å². The van der Waals surface area contributed by atoms with Crippen LogP contribution in [0.3, 0.4) is 0 Å². The van der Waals surface area contributed by atoms with E-state index < -0.39 is 0 Å². The lowest BCUT2D eigenvalue weighted by Gasteiger charge is -2.43. The number of phenols is 2. The van der Waals surface area contributed by atoms with Gasteiger partial charge in [-0.2, -0.15) is 5.26 Å². The first kappa shape index (κ1) is 22.4. The maximum absolute atomic E-state index is 11.0. The van der Waals surface area contributed by atoms with Crippen molar-refractivity contribution in [3.8, 4) is 17.6 Å². The number of nitrogens with zero attached hydrogens (tertiary/aromatic N) is 1. The zero-order valence-electron chi connectivity index (χ0n) is 18.2. The number of allylic oxidation sites excluding steroid dienone is 2. The third kappa shape index (κ3) is 4.57. The molecule has 3 rings (SSSR count). The smallest absolute Gasteiger partial charge is 0.123 e. The minimum absolute atomic E-state index is 0.00787. The van der Waals surface area contributed by atoms with Gasteiger partial charge in [-0.25, -0.2) is 0 Å². The topological polar surface area (TPSA) is 84.5 Å². The zero-order chi connectivity index (χ0) is 21.7. The first-order valence-corrected chi connectivity index (χ1v) is 11.3. The van der Waals surface area contributed by atoms with E-state index in [2.05, 4.69) is 12.6 Å². The van der Waals surface area contributed by atoms with Crippen molar-refractivity contribution in [3.05, 3.63) is 47.1 Å². The molecule has 0 saturated heterocycles. The average molecular weight is 410 g/mol. The molecule has 1 aromatic carbocycles. The second-order valence-corrected chi connectivity index (χ2v) is 9.28. The summed E-state index contributed by atoms with van der Waals surface area (Å²) in [6, 6.07) is 5.93. The highest BCUT2D eigenvalue weighted by molar-refractivity contribution is 5.53. The normalized spacial score (nSPS) is 22.6. The van der Waals surface area contributed by atoms with Crippen LogP contribution in [-0.4, -0.2) is 21.9 Å². The number of hydrogen-bond acceptors (Lipinski definition) is 4. The van der Waals surface area contributed by atoms with Crippen molar-refractivity contribution in [2.45, 2.75) is 82.5 Å². The van der Waals surface area contributed by atoms with E-state index in [-0.39, 0.29) is 35.4 Å². The Hall–Kier alpha value is -2.25. The Morgan fingerprint density at radius 2 is 1.90 bits per heavy atom. The van der Waals surface area contributed by atoms with Crippen molar-refractivity contribution in [1.82, 2.24) is 0 Å². The van der Waals surface area contributed by atoms with Gasteiger partial charge in [0.25, 0.3) is 0 Å². The Balaban J connectivity index is 1.87. The van der Waals surface area contributed by atoms with Gasteiger partial charge in [0, 0.05) is 17.9 Å². The average Bonchev–Trinajstić information content (AvgIpc) is 2.68. The molecule has 1 aromatic rings. The summed E-state index contributed by atoms with van der Waals surface area (Å²) in [5.41, 5.74) is 3.60. The Morgan fingerprint density at radius 1 is 1.20 bits per heavy atom. The molecule has 1 saturated carbocycles. The maximum Gasteiger partial charge on any atom is 0.123 e. The summed E-state index contributed by atoms with van der Waals surface area (Å²) in [4.78, 5) is 0. The molecule has 30 heavy (non-hydrogen) atoms. The molecule has 0 bridgehead atoms. The van der Waals surface area contributed by atoms with Gasteiger partial charge < -0.3 is 15.3 Å². The highest BCUT2D eigenvalue weighted by Crippen LogP contribution is 2.52. The van der Waals surface area contributed by atoms with Crippen molar-refractivity contribution >= 4 is 0 Å². The summed E-state index contributed by atoms with van der Waals surface area (Å²) < 4.78 is 0. The highest BCUT2D eigenvalue weighted by atomic mass is 16.3. The molecule has 0 aliphatic heterocycles. The Bertz CT molecular complexity index is 821. The number of hydrogen-bond donors (Lipinski definition) is 3. The van der Waals surface area contributed by atoms with Gasteiger partial charge in [0.2, 0.25) is 0 Å². The van der Waals surface area contributed by atoms with E-state index in [9.17, 15) is 15.3 Å². The Labute approximate surface area is 180 Å². The fraction of sp³-hybridized carbons (Fsp3) is 0.577. The van der Waals surface area contributed by atoms with E-state index in [1.165, 1.54) is 6.42 Å². The number of nitriles is 1. The molecule has 2 aliphatic rings. The second-order valence-electron chi connectivity index (χ2n) is 9.28. The molecule has 0 unspecified atom stereocenters. The lowest BCUT2D eigenvalue weighted by atomic mass is 9.61. The number of aliphatic hydroxyl groups excluding tert-OH is 1. The standard InChI is InChI=1S/C26H35NO3/c1-18(2)21-9-8-19(17-28)14-22(21)25-23(29)15-20(16-24(25)30)26(11-7-12-26)10-5-3-4-6-13-27/h14-16,21-22,28-30H,1,3-12,17H2,2H3/t21-,22+/m1/s1. The molecule has 3 N–H and O–H groups in total. The number of aliphatic hydroxyl groups is 1. The highest BCUT2D eigenvalue weighted by Gasteiger charge is 2.39. The molecule has 4 heteroatoms. The van der Waals surface area contributed by atoms with Crippen molar-refractivity contribution in [1.29, 1.82) is 5.26 Å². The van der Waals surface area contributed by atoms with Gasteiger partial charge in [-0.05, 0) is 80.1 Å². The van der Waals surface area contributed by atoms with Gasteiger partial charge >= 0.3 is 0 Å². The number of phenolic OH excluding ortho intramolecular Hbond substituents is 2. The zero-order valence-corrected chi connectivity index (χ0v) is 18.2. The molecule has 2 atom stereocenters. The molecule has 162 valence electrons. The lowest BCUT2D eigenvalue weighted by molar-refractivity contribution is 0.217. The maximum atomic E-state index is 11.0. The summed E-state index contributed by atoms with van der Waals surface area (Å²) in [7, 11) is 0. The van der Waals surface area contributed by atoms with Gasteiger partial charge in [0.1, 0.15) is 11.5 Å². The predicted octanol–water partition coefficient (Wildman–Crippen LogP) is 5.98. The van der Waals surface area contributed by atoms with Gasteiger partial charge in [-0.3, -0.25) is 0 Å². The van der Waals surface area contributed by atoms with Crippen molar-refractivity contribution in [2.75, 3.05) is 6.61 Å². The van der Waals surface area contributed by atoms with Crippen molar-refractivity contribution in [3.63, 3.8) is 0 Å². The van der Waals surface area contributed by atoms with Crippen molar-refractivity contribution in [2.24, 2.45) is 5.92 Å². The number of unbranched alkanes of at least 4 members (excludes halogenated alkanes) is 3. The molecule has 1 fully saturated rings. The van der Waals surface area contributed by atoms with E-state index >= 15 is 0 Å². The number of benzene rings is 1. The molecule has 0 amide bonds. The van der Waals surface area contributed by atoms with E-state index in [0.717, 1.165) is 68.1 Å². The van der Waals surface area contributed by atoms with E-state index in [4.69, 9.17) is 5.26 Å². The molecule has 2 aliphatic carbocycles. The lowest BCUT2D eigenvalue weighted by Crippen LogP contribution is -2.34. The SMILES string of the molecule is C=C(C)[C@H]1CCC(CO)=C[C@@H]1c1c(O)cc(C2(CCCCCC#N)CCC2)cc1O. The largest absolute Gasteiger partial charge is 0.507 e. The predicted molar refractivity (Wildman–Crippen MR) is 119 cm³/mol. The Kier molecular flexibility index (Phi) is 7.26. The van der Waals surface area contributed by atoms with Crippen LogP contribution in [0.25, 0.3) is 0 Å². The summed E-state index contributed by atoms with van der Waals surface area (Å²) in [5.74, 6) is 0.261. The van der Waals surface area contributed by atoms with Crippen LogP contribution in [-0.2, 0) is 5.41 Å². The van der Waals surface area contributed by atoms with Crippen LogP contribution >= 0.6 is 0 Å². The minimum Gasteiger partial charge on any atom is -0.507 e. The van der Waals surface area contributed by atoms with E-state index in [1.54, 1.807) is 0 Å². The number of aromatic hydroxyl groups is 2. The summed E-state index contributed by atoms with van der Waals surface area (Å²) in [6.07, 6.45) is 11.7. The quantitative estimate of drug-likeness (QED) is 0.346. The van der Waals surface area contributed by atoms with Gasteiger partial charge in [0.15, 0.2) is 0 Å². The first-order chi connectivity index (χ1) is 14.4. The first-order valence-electron chi connectivity index (χ1n) is 11.3. The molecule has 0 aromatic heterocycles. The fourth-order valence-electron chi connectivity index (χ4n) is 5.34. The summed E-state index contributed by atoms with van der Waals surface area (Å²) in [5, 5.41) is 40.3. The molecule has 4 nitrogen and oxygen atoms in total. The molecular weight excluding hydrogens is 374 g/mol. The van der Waals surface area contributed by atoms with Crippen LogP contribution in [0.4, 0.5) is 0 Å². The third-order valence-corrected chi connectivity index (χ3v) is 7.30. The fourth-order valence-corrected chi connectivity index (χ4v) is 5.34. The van der Waals surface area contributed by atoms with Crippen LogP contribution in [0.2, 0.25) is 0 Å². The summed E-state index contributed by atoms with van der Waals surface area (Å²) in [6.45, 7) is 6.13. The van der Waals surface area contributed by atoms with Gasteiger partial charge in [0.05, 0.1) is 12.7 Å². The van der Waals surface area contributed by atoms with Crippen LogP contribution in [0.5, 0.6) is 11.5 Å². The third-order valence-electron chi connectivity index (χ3n) is 7.30. The molecule has 0 heterocycles. The van der Waals surface area contributed by atoms with Gasteiger partial charge in [-0.15, -0.1) is 0 Å². The van der Waals surface area contributed by atoms with Crippen molar-refractivity contribution < 1.29 is 15.3 Å². The van der Waals surface area contributed by atoms with E-state index in [0.29, 0.717) is 12.0 Å². The van der Waals surface area contributed by atoms with Crippen LogP contribution < -0.4 is 0 Å². The molecular formula is C26H35NO3. The Morgan fingerprint density at radius 3 is 2.43 bits per heavy atom. The second kappa shape index (κ2) is 9.71. The molecule has 0 radical (unpaired) electrons. The van der Waals surface area contributed by atoms with Crippen LogP contribution in [0, 0.1) is 17.2 Å². The molecule has 0 spiro atoms. The van der Waals surface area contributed by atoms with Crippen LogP contribution in [0.15, 0.2) is 35.9 Å². The minimum atomic E-state index is -0.171.